The maximum absolute atomic E-state index is 4.77. The molecule has 1 unspecified atom stereocenters. The van der Waals surface area contributed by atoms with Gasteiger partial charge in [0.2, 0.25) is 0 Å². The Kier molecular flexibility index (Phi) is 3.32. The van der Waals surface area contributed by atoms with Gasteiger partial charge in [-0.15, -0.1) is 0 Å². The average Bonchev–Trinajstić information content (AvgIpc) is 3.04. The maximum Gasteiger partial charge on any atom is 0.0705 e. The minimum Gasteiger partial charge on any atom is -0.253 e. The molecule has 3 aromatic rings. The number of benzene rings is 2. The zero-order valence-corrected chi connectivity index (χ0v) is 12.3. The molecule has 4 rings (SSSR count). The van der Waals surface area contributed by atoms with E-state index in [1.165, 1.54) is 16.5 Å². The van der Waals surface area contributed by atoms with Crippen molar-refractivity contribution in [3.05, 3.63) is 96.2 Å². The molecule has 1 aliphatic carbocycles. The topological polar surface area (TPSA) is 12.9 Å². The quantitative estimate of drug-likeness (QED) is 0.655. The van der Waals surface area contributed by atoms with Crippen molar-refractivity contribution in [2.24, 2.45) is 5.92 Å². The van der Waals surface area contributed by atoms with Crippen LogP contribution in [0.2, 0.25) is 0 Å². The lowest BCUT2D eigenvalue weighted by Gasteiger charge is -2.06. The SMILES string of the molecule is C1=CC(Cc2ccc3ccccc3n2)C=C1c1ccccc1. The highest BCUT2D eigenvalue weighted by atomic mass is 14.7. The van der Waals surface area contributed by atoms with E-state index >= 15 is 0 Å². The van der Waals surface area contributed by atoms with Gasteiger partial charge in [-0.05, 0) is 29.7 Å². The van der Waals surface area contributed by atoms with E-state index in [0.717, 1.165) is 17.6 Å². The summed E-state index contributed by atoms with van der Waals surface area (Å²) in [6.07, 6.45) is 7.80. The van der Waals surface area contributed by atoms with E-state index in [2.05, 4.69) is 78.9 Å². The second-order valence-electron chi connectivity index (χ2n) is 5.71. The van der Waals surface area contributed by atoms with Crippen molar-refractivity contribution in [2.75, 3.05) is 0 Å². The molecule has 1 atom stereocenters. The Morgan fingerprint density at radius 3 is 2.55 bits per heavy atom. The summed E-state index contributed by atoms with van der Waals surface area (Å²) >= 11 is 0. The average molecular weight is 283 g/mol. The lowest BCUT2D eigenvalue weighted by atomic mass is 10.0. The molecule has 1 nitrogen and oxygen atoms in total. The van der Waals surface area contributed by atoms with Crippen LogP contribution in [0.3, 0.4) is 0 Å². The first-order valence-electron chi connectivity index (χ1n) is 7.69. The largest absolute Gasteiger partial charge is 0.253 e. The number of hydrogen-bond acceptors (Lipinski definition) is 1. The predicted molar refractivity (Wildman–Crippen MR) is 92.5 cm³/mol. The first-order chi connectivity index (χ1) is 10.9. The molecule has 2 aromatic carbocycles. The van der Waals surface area contributed by atoms with Crippen LogP contribution in [-0.2, 0) is 6.42 Å². The van der Waals surface area contributed by atoms with Gasteiger partial charge < -0.3 is 0 Å². The molecule has 0 amide bonds. The van der Waals surface area contributed by atoms with Crippen molar-refractivity contribution in [2.45, 2.75) is 6.42 Å². The monoisotopic (exact) mass is 283 g/mol. The minimum absolute atomic E-state index is 0.434. The summed E-state index contributed by atoms with van der Waals surface area (Å²) in [7, 11) is 0. The Hall–Kier alpha value is -2.67. The van der Waals surface area contributed by atoms with Crippen molar-refractivity contribution in [1.29, 1.82) is 0 Å². The first kappa shape index (κ1) is 13.0. The molecule has 0 saturated carbocycles. The van der Waals surface area contributed by atoms with E-state index in [0.29, 0.717) is 5.92 Å². The van der Waals surface area contributed by atoms with Gasteiger partial charge in [-0.25, -0.2) is 0 Å². The minimum atomic E-state index is 0.434. The van der Waals surface area contributed by atoms with Crippen LogP contribution < -0.4 is 0 Å². The number of aromatic nitrogens is 1. The molecule has 1 aliphatic rings. The van der Waals surface area contributed by atoms with Crippen LogP contribution >= 0.6 is 0 Å². The van der Waals surface area contributed by atoms with Gasteiger partial charge in [0.05, 0.1) is 5.52 Å². The summed E-state index contributed by atoms with van der Waals surface area (Å²) in [4.78, 5) is 4.77. The summed E-state index contributed by atoms with van der Waals surface area (Å²) in [5, 5.41) is 1.20. The molecular weight excluding hydrogens is 266 g/mol. The van der Waals surface area contributed by atoms with Crippen LogP contribution in [0.5, 0.6) is 0 Å². The summed E-state index contributed by atoms with van der Waals surface area (Å²) < 4.78 is 0. The highest BCUT2D eigenvalue weighted by molar-refractivity contribution is 5.79. The number of rotatable bonds is 3. The Morgan fingerprint density at radius 2 is 1.64 bits per heavy atom. The highest BCUT2D eigenvalue weighted by Crippen LogP contribution is 2.27. The Bertz CT molecular complexity index is 859. The summed E-state index contributed by atoms with van der Waals surface area (Å²) in [6.45, 7) is 0. The third kappa shape index (κ3) is 2.58. The number of para-hydroxylation sites is 1. The Labute approximate surface area is 130 Å². The molecule has 0 spiro atoms. The number of fused-ring (bicyclic) bond motifs is 1. The molecule has 0 N–H and O–H groups in total. The smallest absolute Gasteiger partial charge is 0.0705 e. The normalized spacial score (nSPS) is 16.9. The molecule has 106 valence electrons. The van der Waals surface area contributed by atoms with Crippen LogP contribution in [0.15, 0.2) is 85.0 Å². The van der Waals surface area contributed by atoms with Gasteiger partial charge in [-0.3, -0.25) is 4.98 Å². The molecule has 1 heteroatoms. The van der Waals surface area contributed by atoms with Gasteiger partial charge in [-0.2, -0.15) is 0 Å². The maximum atomic E-state index is 4.77. The van der Waals surface area contributed by atoms with Crippen LogP contribution in [0, 0.1) is 5.92 Å². The Balaban J connectivity index is 1.56. The standard InChI is InChI=1S/C21H17N/c1-2-6-17(7-3-1)19-11-10-16(14-19)15-20-13-12-18-8-4-5-9-21(18)22-20/h1-14,16H,15H2. The van der Waals surface area contributed by atoms with E-state index in [4.69, 9.17) is 4.98 Å². The molecule has 0 fully saturated rings. The number of pyridine rings is 1. The van der Waals surface area contributed by atoms with Crippen molar-refractivity contribution in [3.63, 3.8) is 0 Å². The van der Waals surface area contributed by atoms with Crippen molar-refractivity contribution >= 4 is 16.5 Å². The zero-order chi connectivity index (χ0) is 14.8. The van der Waals surface area contributed by atoms with Gasteiger partial charge in [0.25, 0.3) is 0 Å². The van der Waals surface area contributed by atoms with Crippen LogP contribution in [0.25, 0.3) is 16.5 Å². The van der Waals surface area contributed by atoms with E-state index in [1.807, 2.05) is 6.07 Å². The van der Waals surface area contributed by atoms with Crippen molar-refractivity contribution in [1.82, 2.24) is 4.98 Å². The Morgan fingerprint density at radius 1 is 0.818 bits per heavy atom. The van der Waals surface area contributed by atoms with Crippen LogP contribution in [0.4, 0.5) is 0 Å². The third-order valence-electron chi connectivity index (χ3n) is 4.12. The highest BCUT2D eigenvalue weighted by Gasteiger charge is 2.12. The molecule has 1 aromatic heterocycles. The third-order valence-corrected chi connectivity index (χ3v) is 4.12. The van der Waals surface area contributed by atoms with Gasteiger partial charge >= 0.3 is 0 Å². The van der Waals surface area contributed by atoms with E-state index in [1.54, 1.807) is 0 Å². The lowest BCUT2D eigenvalue weighted by molar-refractivity contribution is 0.795. The molecule has 0 saturated heterocycles. The zero-order valence-electron chi connectivity index (χ0n) is 12.3. The van der Waals surface area contributed by atoms with E-state index in [-0.39, 0.29) is 0 Å². The van der Waals surface area contributed by atoms with Gasteiger partial charge in [0.15, 0.2) is 0 Å². The second kappa shape index (κ2) is 5.61. The molecular formula is C21H17N. The summed E-state index contributed by atoms with van der Waals surface area (Å²) in [6, 6.07) is 23.1. The number of allylic oxidation sites excluding steroid dienone is 4. The summed E-state index contributed by atoms with van der Waals surface area (Å²) in [5.41, 5.74) is 4.83. The second-order valence-corrected chi connectivity index (χ2v) is 5.71. The fourth-order valence-corrected chi connectivity index (χ4v) is 2.98. The predicted octanol–water partition coefficient (Wildman–Crippen LogP) is 5.05. The van der Waals surface area contributed by atoms with Crippen molar-refractivity contribution < 1.29 is 0 Å². The lowest BCUT2D eigenvalue weighted by Crippen LogP contribution is -1.98. The molecule has 1 heterocycles. The van der Waals surface area contributed by atoms with Crippen LogP contribution in [0.1, 0.15) is 11.3 Å². The number of hydrogen-bond donors (Lipinski definition) is 0. The fraction of sp³-hybridized carbons (Fsp3) is 0.0952. The summed E-state index contributed by atoms with van der Waals surface area (Å²) in [5.74, 6) is 0.434. The van der Waals surface area contributed by atoms with Gasteiger partial charge in [-0.1, -0.05) is 72.8 Å². The molecule has 22 heavy (non-hydrogen) atoms. The fourth-order valence-electron chi connectivity index (χ4n) is 2.98. The molecule has 0 aliphatic heterocycles. The van der Waals surface area contributed by atoms with E-state index in [9.17, 15) is 0 Å². The van der Waals surface area contributed by atoms with Crippen LogP contribution in [-0.4, -0.2) is 4.98 Å². The molecule has 0 bridgehead atoms. The van der Waals surface area contributed by atoms with Gasteiger partial charge in [0.1, 0.15) is 0 Å². The van der Waals surface area contributed by atoms with Gasteiger partial charge in [0, 0.05) is 17.0 Å². The first-order valence-corrected chi connectivity index (χ1v) is 7.69. The number of nitrogens with zero attached hydrogens (tertiary/aromatic N) is 1. The molecule has 0 radical (unpaired) electrons. The van der Waals surface area contributed by atoms with Crippen molar-refractivity contribution in [3.8, 4) is 0 Å². The van der Waals surface area contributed by atoms with E-state index < -0.39 is 0 Å².